The van der Waals surface area contributed by atoms with Crippen molar-refractivity contribution < 1.29 is 0 Å². The van der Waals surface area contributed by atoms with Crippen molar-refractivity contribution in [2.45, 2.75) is 39.3 Å². The number of hydrogen-bond donors (Lipinski definition) is 2. The number of nitrogens with one attached hydrogen (secondary N) is 1. The fourth-order valence-electron chi connectivity index (χ4n) is 2.12. The van der Waals surface area contributed by atoms with Crippen LogP contribution in [0.15, 0.2) is 29.6 Å². The number of anilines is 1. The molecule has 0 bridgehead atoms. The predicted octanol–water partition coefficient (Wildman–Crippen LogP) is 3.84. The van der Waals surface area contributed by atoms with Crippen molar-refractivity contribution in [1.82, 2.24) is 10.3 Å². The number of nitrogens with two attached hydrogens (primary N) is 1. The predicted molar refractivity (Wildman–Crippen MR) is 83.3 cm³/mol. The van der Waals surface area contributed by atoms with Gasteiger partial charge in [-0.05, 0) is 39.3 Å². The Morgan fingerprint density at radius 1 is 1.32 bits per heavy atom. The monoisotopic (exact) mass is 275 g/mol. The Hall–Kier alpha value is -1.39. The summed E-state index contributed by atoms with van der Waals surface area (Å²) in [5.74, 6) is 0. The van der Waals surface area contributed by atoms with E-state index in [4.69, 9.17) is 5.73 Å². The van der Waals surface area contributed by atoms with Crippen molar-refractivity contribution in [3.8, 4) is 11.3 Å². The summed E-state index contributed by atoms with van der Waals surface area (Å²) in [4.78, 5) is 4.33. The molecular formula is C15H21N3S. The lowest BCUT2D eigenvalue weighted by Gasteiger charge is -2.26. The zero-order valence-electron chi connectivity index (χ0n) is 11.9. The minimum Gasteiger partial charge on any atom is -0.375 e. The van der Waals surface area contributed by atoms with Gasteiger partial charge in [-0.2, -0.15) is 0 Å². The molecule has 0 fully saturated rings. The zero-order chi connectivity index (χ0) is 14.0. The highest BCUT2D eigenvalue weighted by Crippen LogP contribution is 2.26. The normalized spacial score (nSPS) is 13.5. The maximum Gasteiger partial charge on any atom is 0.180 e. The second kappa shape index (κ2) is 5.31. The van der Waals surface area contributed by atoms with Gasteiger partial charge in [-0.1, -0.05) is 18.2 Å². The molecule has 0 amide bonds. The number of rotatable bonds is 3. The molecule has 19 heavy (non-hydrogen) atoms. The van der Waals surface area contributed by atoms with Gasteiger partial charge in [0, 0.05) is 22.5 Å². The van der Waals surface area contributed by atoms with Gasteiger partial charge in [0.2, 0.25) is 0 Å². The third-order valence-corrected chi connectivity index (χ3v) is 3.53. The molecule has 2 aromatic rings. The Morgan fingerprint density at radius 3 is 2.63 bits per heavy atom. The first-order valence-corrected chi connectivity index (χ1v) is 7.32. The Kier molecular flexibility index (Phi) is 3.92. The van der Waals surface area contributed by atoms with Gasteiger partial charge >= 0.3 is 0 Å². The van der Waals surface area contributed by atoms with Crippen molar-refractivity contribution in [2.75, 3.05) is 5.73 Å². The van der Waals surface area contributed by atoms with Crippen LogP contribution in [0.25, 0.3) is 11.3 Å². The standard InChI is InChI=1S/C15H21N3S/c1-10(18-15(2,3)4)11-6-5-7-12(8-11)13-9-19-14(16)17-13/h5-10,18H,1-4H3,(H2,16,17)/t10-/m1/s1. The van der Waals surface area contributed by atoms with E-state index in [0.29, 0.717) is 11.2 Å². The van der Waals surface area contributed by atoms with Gasteiger partial charge in [-0.15, -0.1) is 11.3 Å². The maximum atomic E-state index is 5.69. The average molecular weight is 275 g/mol. The van der Waals surface area contributed by atoms with Crippen LogP contribution in [0, 0.1) is 0 Å². The molecule has 3 N–H and O–H groups in total. The first-order valence-electron chi connectivity index (χ1n) is 6.44. The van der Waals surface area contributed by atoms with E-state index in [1.165, 1.54) is 16.9 Å². The molecule has 2 rings (SSSR count). The van der Waals surface area contributed by atoms with E-state index in [2.05, 4.69) is 62.3 Å². The fraction of sp³-hybridized carbons (Fsp3) is 0.400. The minimum atomic E-state index is 0.0977. The molecule has 0 aliphatic rings. The van der Waals surface area contributed by atoms with E-state index in [0.717, 1.165) is 11.3 Å². The zero-order valence-corrected chi connectivity index (χ0v) is 12.7. The molecule has 102 valence electrons. The molecule has 4 heteroatoms. The maximum absolute atomic E-state index is 5.69. The van der Waals surface area contributed by atoms with E-state index < -0.39 is 0 Å². The lowest BCUT2D eigenvalue weighted by atomic mass is 10.0. The molecule has 1 heterocycles. The highest BCUT2D eigenvalue weighted by atomic mass is 32.1. The average Bonchev–Trinajstić information content (AvgIpc) is 2.74. The summed E-state index contributed by atoms with van der Waals surface area (Å²) in [5.41, 5.74) is 9.12. The largest absolute Gasteiger partial charge is 0.375 e. The summed E-state index contributed by atoms with van der Waals surface area (Å²) < 4.78 is 0. The van der Waals surface area contributed by atoms with Gasteiger partial charge in [-0.25, -0.2) is 4.98 Å². The summed E-state index contributed by atoms with van der Waals surface area (Å²) in [6, 6.07) is 8.76. The SMILES string of the molecule is C[C@@H](NC(C)(C)C)c1cccc(-c2csc(N)n2)c1. The Labute approximate surface area is 118 Å². The molecule has 3 nitrogen and oxygen atoms in total. The molecule has 0 saturated heterocycles. The number of nitrogen functional groups attached to an aromatic ring is 1. The van der Waals surface area contributed by atoms with Crippen molar-refractivity contribution in [2.24, 2.45) is 0 Å². The van der Waals surface area contributed by atoms with Crippen molar-refractivity contribution in [1.29, 1.82) is 0 Å². The van der Waals surface area contributed by atoms with Gasteiger partial charge in [0.1, 0.15) is 0 Å². The summed E-state index contributed by atoms with van der Waals surface area (Å²) in [6.07, 6.45) is 0. The van der Waals surface area contributed by atoms with Crippen LogP contribution in [0.1, 0.15) is 39.3 Å². The Bertz CT molecular complexity index is 555. The van der Waals surface area contributed by atoms with Crippen LogP contribution >= 0.6 is 11.3 Å². The quantitative estimate of drug-likeness (QED) is 0.894. The number of nitrogens with zero attached hydrogens (tertiary/aromatic N) is 1. The van der Waals surface area contributed by atoms with E-state index in [9.17, 15) is 0 Å². The molecule has 0 aliphatic carbocycles. The lowest BCUT2D eigenvalue weighted by molar-refractivity contribution is 0.378. The first-order chi connectivity index (χ1) is 8.85. The molecule has 0 saturated carbocycles. The van der Waals surface area contributed by atoms with Crippen molar-refractivity contribution in [3.63, 3.8) is 0 Å². The highest BCUT2D eigenvalue weighted by molar-refractivity contribution is 7.13. The van der Waals surface area contributed by atoms with Gasteiger partial charge in [0.05, 0.1) is 5.69 Å². The Morgan fingerprint density at radius 2 is 2.05 bits per heavy atom. The smallest absolute Gasteiger partial charge is 0.180 e. The van der Waals surface area contributed by atoms with E-state index in [1.54, 1.807) is 0 Å². The van der Waals surface area contributed by atoms with Crippen LogP contribution in [0.3, 0.4) is 0 Å². The molecule has 1 atom stereocenters. The van der Waals surface area contributed by atoms with Gasteiger partial charge in [0.15, 0.2) is 5.13 Å². The molecule has 0 unspecified atom stereocenters. The first kappa shape index (κ1) is 14.0. The summed E-state index contributed by atoms with van der Waals surface area (Å²) in [5, 5.41) is 6.19. The molecule has 0 radical (unpaired) electrons. The van der Waals surface area contributed by atoms with Crippen LogP contribution in [-0.4, -0.2) is 10.5 Å². The van der Waals surface area contributed by atoms with E-state index in [1.807, 2.05) is 5.38 Å². The van der Waals surface area contributed by atoms with Crippen LogP contribution < -0.4 is 11.1 Å². The second-order valence-electron chi connectivity index (χ2n) is 5.81. The molecule has 1 aromatic carbocycles. The van der Waals surface area contributed by atoms with Crippen LogP contribution in [0.5, 0.6) is 0 Å². The molecule has 0 aliphatic heterocycles. The lowest BCUT2D eigenvalue weighted by Crippen LogP contribution is -2.37. The van der Waals surface area contributed by atoms with E-state index in [-0.39, 0.29) is 5.54 Å². The summed E-state index contributed by atoms with van der Waals surface area (Å²) in [6.45, 7) is 8.71. The third kappa shape index (κ3) is 3.78. The fourth-order valence-corrected chi connectivity index (χ4v) is 2.69. The molecule has 1 aromatic heterocycles. The van der Waals surface area contributed by atoms with Gasteiger partial charge < -0.3 is 11.1 Å². The number of hydrogen-bond acceptors (Lipinski definition) is 4. The third-order valence-electron chi connectivity index (χ3n) is 2.85. The minimum absolute atomic E-state index is 0.0977. The Balaban J connectivity index is 2.24. The van der Waals surface area contributed by atoms with Gasteiger partial charge in [-0.3, -0.25) is 0 Å². The second-order valence-corrected chi connectivity index (χ2v) is 6.70. The van der Waals surface area contributed by atoms with Crippen LogP contribution in [0.4, 0.5) is 5.13 Å². The molecule has 0 spiro atoms. The summed E-state index contributed by atoms with van der Waals surface area (Å²) >= 11 is 1.47. The number of benzene rings is 1. The number of thiazole rings is 1. The van der Waals surface area contributed by atoms with Crippen molar-refractivity contribution in [3.05, 3.63) is 35.2 Å². The number of aromatic nitrogens is 1. The van der Waals surface area contributed by atoms with Crippen LogP contribution in [0.2, 0.25) is 0 Å². The topological polar surface area (TPSA) is 50.9 Å². The molecular weight excluding hydrogens is 254 g/mol. The van der Waals surface area contributed by atoms with Gasteiger partial charge in [0.25, 0.3) is 0 Å². The highest BCUT2D eigenvalue weighted by Gasteiger charge is 2.15. The van der Waals surface area contributed by atoms with Crippen LogP contribution in [-0.2, 0) is 0 Å². The summed E-state index contributed by atoms with van der Waals surface area (Å²) in [7, 11) is 0. The van der Waals surface area contributed by atoms with Crippen molar-refractivity contribution >= 4 is 16.5 Å². The van der Waals surface area contributed by atoms with E-state index >= 15 is 0 Å².